The summed E-state index contributed by atoms with van der Waals surface area (Å²) in [6, 6.07) is 9.30. The second kappa shape index (κ2) is 5.69. The van der Waals surface area contributed by atoms with Crippen molar-refractivity contribution in [3.8, 4) is 11.1 Å². The highest BCUT2D eigenvalue weighted by Crippen LogP contribution is 2.27. The summed E-state index contributed by atoms with van der Waals surface area (Å²) in [7, 11) is -1.31. The van der Waals surface area contributed by atoms with Crippen LogP contribution in [-0.4, -0.2) is 53.7 Å². The third-order valence-electron chi connectivity index (χ3n) is 3.88. The molecule has 0 radical (unpaired) electrons. The van der Waals surface area contributed by atoms with Gasteiger partial charge in [-0.15, -0.1) is 0 Å². The lowest BCUT2D eigenvalue weighted by Gasteiger charge is -2.37. The summed E-state index contributed by atoms with van der Waals surface area (Å²) in [5.74, 6) is 0.464. The van der Waals surface area contributed by atoms with Crippen LogP contribution in [-0.2, 0) is 16.9 Å². The standard InChI is InChI=1S/C15H18N4O3S/c1-18-10-13(11-6-4-3-5-7-11)14(17-18)16-15(20)19-8-12(9-19)23(2,21)22/h3-7,10,12H,8-9H2,1-2H3,(H,16,17,20). The van der Waals surface area contributed by atoms with E-state index in [9.17, 15) is 13.2 Å². The van der Waals surface area contributed by atoms with Crippen molar-refractivity contribution in [1.29, 1.82) is 0 Å². The molecule has 0 saturated carbocycles. The molecule has 8 heteroatoms. The molecule has 1 aliphatic heterocycles. The topological polar surface area (TPSA) is 84.3 Å². The van der Waals surface area contributed by atoms with Gasteiger partial charge in [-0.2, -0.15) is 5.10 Å². The van der Waals surface area contributed by atoms with E-state index in [0.29, 0.717) is 5.82 Å². The van der Waals surface area contributed by atoms with E-state index >= 15 is 0 Å². The summed E-state index contributed by atoms with van der Waals surface area (Å²) < 4.78 is 24.4. The fourth-order valence-corrected chi connectivity index (χ4v) is 3.37. The molecule has 122 valence electrons. The number of urea groups is 1. The number of aromatic nitrogens is 2. The summed E-state index contributed by atoms with van der Waals surface area (Å²) in [5, 5.41) is 6.57. The van der Waals surface area contributed by atoms with Gasteiger partial charge >= 0.3 is 6.03 Å². The lowest BCUT2D eigenvalue weighted by atomic mass is 10.1. The van der Waals surface area contributed by atoms with Crippen LogP contribution in [0.1, 0.15) is 0 Å². The van der Waals surface area contributed by atoms with Gasteiger partial charge in [0, 0.05) is 38.2 Å². The Balaban J connectivity index is 1.73. The van der Waals surface area contributed by atoms with Gasteiger partial charge in [0.15, 0.2) is 15.7 Å². The van der Waals surface area contributed by atoms with Gasteiger partial charge in [-0.3, -0.25) is 10.00 Å². The number of benzene rings is 1. The number of anilines is 1. The van der Waals surface area contributed by atoms with E-state index < -0.39 is 15.1 Å². The van der Waals surface area contributed by atoms with Crippen molar-refractivity contribution < 1.29 is 13.2 Å². The first-order valence-corrected chi connectivity index (χ1v) is 9.14. The van der Waals surface area contributed by atoms with Gasteiger partial charge in [-0.25, -0.2) is 13.2 Å². The molecule has 0 atom stereocenters. The number of hydrogen-bond donors (Lipinski definition) is 1. The van der Waals surface area contributed by atoms with E-state index in [1.807, 2.05) is 36.5 Å². The molecule has 1 fully saturated rings. The zero-order valence-corrected chi connectivity index (χ0v) is 13.7. The molecular weight excluding hydrogens is 316 g/mol. The van der Waals surface area contributed by atoms with E-state index in [1.165, 1.54) is 11.2 Å². The number of rotatable bonds is 3. The Morgan fingerprint density at radius 3 is 2.52 bits per heavy atom. The number of sulfone groups is 1. The van der Waals surface area contributed by atoms with Crippen LogP contribution in [0.2, 0.25) is 0 Å². The van der Waals surface area contributed by atoms with E-state index in [1.54, 1.807) is 11.7 Å². The smallest absolute Gasteiger partial charge is 0.322 e. The third-order valence-corrected chi connectivity index (χ3v) is 5.39. The van der Waals surface area contributed by atoms with Gasteiger partial charge in [0.1, 0.15) is 0 Å². The monoisotopic (exact) mass is 334 g/mol. The second-order valence-electron chi connectivity index (χ2n) is 5.72. The predicted molar refractivity (Wildman–Crippen MR) is 87.9 cm³/mol. The minimum atomic E-state index is -3.09. The Morgan fingerprint density at radius 1 is 1.26 bits per heavy atom. The molecule has 23 heavy (non-hydrogen) atoms. The molecule has 0 bridgehead atoms. The lowest BCUT2D eigenvalue weighted by molar-refractivity contribution is 0.183. The maximum Gasteiger partial charge on any atom is 0.323 e. The molecule has 3 rings (SSSR count). The number of carbonyl (C=O) groups excluding carboxylic acids is 1. The number of hydrogen-bond acceptors (Lipinski definition) is 4. The number of nitrogens with zero attached hydrogens (tertiary/aromatic N) is 3. The molecule has 1 aliphatic rings. The molecule has 1 aromatic heterocycles. The van der Waals surface area contributed by atoms with E-state index in [4.69, 9.17) is 0 Å². The van der Waals surface area contributed by atoms with E-state index in [0.717, 1.165) is 11.1 Å². The Bertz CT molecular complexity index is 824. The predicted octanol–water partition coefficient (Wildman–Crippen LogP) is 1.35. The zero-order valence-electron chi connectivity index (χ0n) is 12.9. The number of likely N-dealkylation sites (tertiary alicyclic amines) is 1. The van der Waals surface area contributed by atoms with Crippen molar-refractivity contribution in [2.45, 2.75) is 5.25 Å². The Labute approximate surface area is 134 Å². The molecule has 1 N–H and O–H groups in total. The van der Waals surface area contributed by atoms with Crippen LogP contribution < -0.4 is 5.32 Å². The molecule has 2 heterocycles. The van der Waals surface area contributed by atoms with E-state index in [-0.39, 0.29) is 19.1 Å². The van der Waals surface area contributed by atoms with Gasteiger partial charge in [0.2, 0.25) is 0 Å². The van der Waals surface area contributed by atoms with Crippen molar-refractivity contribution in [3.05, 3.63) is 36.5 Å². The fourth-order valence-electron chi connectivity index (χ4n) is 2.46. The van der Waals surface area contributed by atoms with Crippen LogP contribution in [0, 0.1) is 0 Å². The normalized spacial score (nSPS) is 15.3. The molecule has 0 unspecified atom stereocenters. The maximum atomic E-state index is 12.2. The largest absolute Gasteiger partial charge is 0.323 e. The van der Waals surface area contributed by atoms with Gasteiger partial charge in [0.25, 0.3) is 0 Å². The number of amides is 2. The quantitative estimate of drug-likeness (QED) is 0.918. The lowest BCUT2D eigenvalue weighted by Crippen LogP contribution is -2.57. The van der Waals surface area contributed by atoms with Crippen molar-refractivity contribution in [2.75, 3.05) is 24.7 Å². The Morgan fingerprint density at radius 2 is 1.91 bits per heavy atom. The highest BCUT2D eigenvalue weighted by molar-refractivity contribution is 7.91. The van der Waals surface area contributed by atoms with Crippen LogP contribution in [0.15, 0.2) is 36.5 Å². The molecule has 2 aromatic rings. The minimum Gasteiger partial charge on any atom is -0.322 e. The van der Waals surface area contributed by atoms with Gasteiger partial charge in [0.05, 0.1) is 5.25 Å². The summed E-state index contributed by atoms with van der Waals surface area (Å²) >= 11 is 0. The molecule has 1 aromatic carbocycles. The first-order valence-electron chi connectivity index (χ1n) is 7.18. The highest BCUT2D eigenvalue weighted by Gasteiger charge is 2.37. The van der Waals surface area contributed by atoms with Gasteiger partial charge < -0.3 is 4.90 Å². The number of aryl methyl sites for hydroxylation is 1. The van der Waals surface area contributed by atoms with Crippen molar-refractivity contribution in [1.82, 2.24) is 14.7 Å². The minimum absolute atomic E-state index is 0.220. The first kappa shape index (κ1) is 15.5. The molecule has 0 aliphatic carbocycles. The Kier molecular flexibility index (Phi) is 3.85. The highest BCUT2D eigenvalue weighted by atomic mass is 32.2. The summed E-state index contributed by atoms with van der Waals surface area (Å²) in [4.78, 5) is 13.7. The van der Waals surface area contributed by atoms with Gasteiger partial charge in [-0.05, 0) is 5.56 Å². The Hall–Kier alpha value is -2.35. The fraction of sp³-hybridized carbons (Fsp3) is 0.333. The molecule has 1 saturated heterocycles. The van der Waals surface area contributed by atoms with Crippen LogP contribution in [0.3, 0.4) is 0 Å². The van der Waals surface area contributed by atoms with Crippen LogP contribution in [0.5, 0.6) is 0 Å². The van der Waals surface area contributed by atoms with Crippen LogP contribution >= 0.6 is 0 Å². The molecule has 7 nitrogen and oxygen atoms in total. The zero-order chi connectivity index (χ0) is 16.6. The van der Waals surface area contributed by atoms with Crippen molar-refractivity contribution in [3.63, 3.8) is 0 Å². The molecule has 0 spiro atoms. The van der Waals surface area contributed by atoms with Crippen LogP contribution in [0.4, 0.5) is 10.6 Å². The maximum absolute atomic E-state index is 12.2. The average molecular weight is 334 g/mol. The number of nitrogens with one attached hydrogen (secondary N) is 1. The van der Waals surface area contributed by atoms with E-state index in [2.05, 4.69) is 10.4 Å². The third kappa shape index (κ3) is 3.21. The van der Waals surface area contributed by atoms with Gasteiger partial charge in [-0.1, -0.05) is 30.3 Å². The first-order chi connectivity index (χ1) is 10.8. The summed E-state index contributed by atoms with van der Waals surface area (Å²) in [5.41, 5.74) is 1.77. The summed E-state index contributed by atoms with van der Waals surface area (Å²) in [6.07, 6.45) is 3.03. The van der Waals surface area contributed by atoms with Crippen molar-refractivity contribution >= 4 is 21.7 Å². The number of carbonyl (C=O) groups is 1. The second-order valence-corrected chi connectivity index (χ2v) is 8.04. The summed E-state index contributed by atoms with van der Waals surface area (Å²) in [6.45, 7) is 0.441. The average Bonchev–Trinajstić information content (AvgIpc) is 2.77. The van der Waals surface area contributed by atoms with Crippen LogP contribution in [0.25, 0.3) is 11.1 Å². The molecular formula is C15H18N4O3S. The molecule has 2 amide bonds. The SMILES string of the molecule is Cn1cc(-c2ccccc2)c(NC(=O)N2CC(S(C)(=O)=O)C2)n1. The van der Waals surface area contributed by atoms with Crippen molar-refractivity contribution in [2.24, 2.45) is 7.05 Å².